The highest BCUT2D eigenvalue weighted by Crippen LogP contribution is 2.08. The fraction of sp³-hybridized carbons (Fsp3) is 0.0909. The molecule has 5 heteroatoms. The molecule has 16 heavy (non-hydrogen) atoms. The smallest absolute Gasteiger partial charge is 0.328 e. The summed E-state index contributed by atoms with van der Waals surface area (Å²) in [5.74, 6) is -1.60. The normalized spacial score (nSPS) is 10.3. The molecule has 1 aromatic carbocycles. The van der Waals surface area contributed by atoms with Gasteiger partial charge in [0.2, 0.25) is 5.91 Å². The van der Waals surface area contributed by atoms with Gasteiger partial charge in [-0.2, -0.15) is 0 Å². The number of hydrogen-bond acceptors (Lipinski definition) is 2. The minimum absolute atomic E-state index is 0.333. The first kappa shape index (κ1) is 12.3. The van der Waals surface area contributed by atoms with Gasteiger partial charge in [0.15, 0.2) is 0 Å². The Balaban J connectivity index is 2.43. The zero-order valence-corrected chi connectivity index (χ0v) is 9.07. The summed E-state index contributed by atoms with van der Waals surface area (Å²) >= 11 is 5.70. The molecule has 0 aliphatic carbocycles. The van der Waals surface area contributed by atoms with Gasteiger partial charge < -0.3 is 10.4 Å². The number of rotatable bonds is 4. The van der Waals surface area contributed by atoms with Gasteiger partial charge in [-0.25, -0.2) is 4.79 Å². The number of aliphatic carboxylic acids is 1. The van der Waals surface area contributed by atoms with E-state index >= 15 is 0 Å². The number of halogens is 1. The van der Waals surface area contributed by atoms with E-state index in [1.54, 1.807) is 24.3 Å². The molecule has 0 saturated heterocycles. The van der Waals surface area contributed by atoms with Crippen LogP contribution < -0.4 is 5.32 Å². The van der Waals surface area contributed by atoms with E-state index in [0.29, 0.717) is 11.6 Å². The number of benzene rings is 1. The van der Waals surface area contributed by atoms with E-state index in [4.69, 9.17) is 16.7 Å². The molecule has 0 aliphatic heterocycles. The third kappa shape index (κ3) is 4.61. The van der Waals surface area contributed by atoms with E-state index < -0.39 is 11.9 Å². The predicted octanol–water partition coefficient (Wildman–Crippen LogP) is 1.60. The Morgan fingerprint density at radius 3 is 2.44 bits per heavy atom. The molecular formula is C11H10ClNO3. The summed E-state index contributed by atoms with van der Waals surface area (Å²) in [6.07, 6.45) is 1.76. The standard InChI is InChI=1S/C11H10ClNO3/c12-9-3-1-8(2-4-9)7-13-10(14)5-6-11(15)16/h1-6H,7H2,(H,13,14)(H,15,16)/b6-5+. The van der Waals surface area contributed by atoms with Crippen LogP contribution in [-0.2, 0) is 16.1 Å². The van der Waals surface area contributed by atoms with Crippen molar-refractivity contribution in [2.45, 2.75) is 6.54 Å². The van der Waals surface area contributed by atoms with Gasteiger partial charge in [0.05, 0.1) is 0 Å². The quantitative estimate of drug-likeness (QED) is 0.785. The van der Waals surface area contributed by atoms with Crippen LogP contribution in [-0.4, -0.2) is 17.0 Å². The van der Waals surface area contributed by atoms with Crippen molar-refractivity contribution in [3.05, 3.63) is 47.0 Å². The molecule has 0 saturated carbocycles. The summed E-state index contributed by atoms with van der Waals surface area (Å²) < 4.78 is 0. The summed E-state index contributed by atoms with van der Waals surface area (Å²) in [7, 11) is 0. The van der Waals surface area contributed by atoms with Crippen molar-refractivity contribution in [2.24, 2.45) is 0 Å². The lowest BCUT2D eigenvalue weighted by Gasteiger charge is -2.02. The Kier molecular flexibility index (Phi) is 4.54. The highest BCUT2D eigenvalue weighted by molar-refractivity contribution is 6.30. The molecule has 1 rings (SSSR count). The van der Waals surface area contributed by atoms with Crippen molar-refractivity contribution in [3.8, 4) is 0 Å². The lowest BCUT2D eigenvalue weighted by atomic mass is 10.2. The van der Waals surface area contributed by atoms with Gasteiger partial charge in [-0.05, 0) is 17.7 Å². The first-order valence-electron chi connectivity index (χ1n) is 4.51. The summed E-state index contributed by atoms with van der Waals surface area (Å²) in [6.45, 7) is 0.333. The van der Waals surface area contributed by atoms with Crippen LogP contribution in [0.2, 0.25) is 5.02 Å². The van der Waals surface area contributed by atoms with Crippen molar-refractivity contribution in [3.63, 3.8) is 0 Å². The second-order valence-corrected chi connectivity index (χ2v) is 3.45. The van der Waals surface area contributed by atoms with Crippen molar-refractivity contribution in [2.75, 3.05) is 0 Å². The van der Waals surface area contributed by atoms with Crippen LogP contribution in [0.15, 0.2) is 36.4 Å². The first-order valence-corrected chi connectivity index (χ1v) is 4.89. The zero-order chi connectivity index (χ0) is 12.0. The van der Waals surface area contributed by atoms with E-state index in [-0.39, 0.29) is 0 Å². The second-order valence-electron chi connectivity index (χ2n) is 3.02. The molecular weight excluding hydrogens is 230 g/mol. The van der Waals surface area contributed by atoms with Crippen LogP contribution in [0.4, 0.5) is 0 Å². The highest BCUT2D eigenvalue weighted by Gasteiger charge is 1.97. The summed E-state index contributed by atoms with van der Waals surface area (Å²) in [6, 6.07) is 7.00. The number of amides is 1. The maximum atomic E-state index is 11.1. The molecule has 0 radical (unpaired) electrons. The Bertz CT molecular complexity index is 412. The zero-order valence-electron chi connectivity index (χ0n) is 8.31. The molecule has 0 fully saturated rings. The number of carbonyl (C=O) groups excluding carboxylic acids is 1. The second kappa shape index (κ2) is 5.92. The van der Waals surface area contributed by atoms with E-state index in [1.165, 1.54) is 0 Å². The van der Waals surface area contributed by atoms with Gasteiger partial charge in [0.1, 0.15) is 0 Å². The molecule has 2 N–H and O–H groups in total. The van der Waals surface area contributed by atoms with Crippen LogP contribution >= 0.6 is 11.6 Å². The fourth-order valence-corrected chi connectivity index (χ4v) is 1.12. The lowest BCUT2D eigenvalue weighted by molar-refractivity contribution is -0.131. The molecule has 1 aromatic rings. The third-order valence-electron chi connectivity index (χ3n) is 1.76. The van der Waals surface area contributed by atoms with Crippen LogP contribution in [0.3, 0.4) is 0 Å². The molecule has 0 atom stereocenters. The van der Waals surface area contributed by atoms with Gasteiger partial charge in [-0.3, -0.25) is 4.79 Å². The minimum Gasteiger partial charge on any atom is -0.478 e. The van der Waals surface area contributed by atoms with Crippen molar-refractivity contribution < 1.29 is 14.7 Å². The van der Waals surface area contributed by atoms with E-state index in [2.05, 4.69) is 5.32 Å². The maximum absolute atomic E-state index is 11.1. The van der Waals surface area contributed by atoms with Crippen LogP contribution in [0, 0.1) is 0 Å². The molecule has 4 nitrogen and oxygen atoms in total. The van der Waals surface area contributed by atoms with E-state index in [9.17, 15) is 9.59 Å². The molecule has 0 aromatic heterocycles. The fourth-order valence-electron chi connectivity index (χ4n) is 0.997. The Morgan fingerprint density at radius 2 is 1.88 bits per heavy atom. The lowest BCUT2D eigenvalue weighted by Crippen LogP contribution is -2.20. The SMILES string of the molecule is O=C(O)/C=C/C(=O)NCc1ccc(Cl)cc1. The molecule has 0 bridgehead atoms. The largest absolute Gasteiger partial charge is 0.478 e. The predicted molar refractivity (Wildman–Crippen MR) is 60.1 cm³/mol. The topological polar surface area (TPSA) is 66.4 Å². The average Bonchev–Trinajstić information content (AvgIpc) is 2.25. The van der Waals surface area contributed by atoms with Gasteiger partial charge in [0.25, 0.3) is 0 Å². The van der Waals surface area contributed by atoms with Gasteiger partial charge >= 0.3 is 5.97 Å². The molecule has 0 unspecified atom stereocenters. The van der Waals surface area contributed by atoms with Crippen molar-refractivity contribution in [1.29, 1.82) is 0 Å². The monoisotopic (exact) mass is 239 g/mol. The molecule has 0 aliphatic rings. The Hall–Kier alpha value is -1.81. The van der Waals surface area contributed by atoms with Gasteiger partial charge in [-0.15, -0.1) is 0 Å². The van der Waals surface area contributed by atoms with Crippen molar-refractivity contribution in [1.82, 2.24) is 5.32 Å². The molecule has 0 heterocycles. The molecule has 1 amide bonds. The first-order chi connectivity index (χ1) is 7.58. The Labute approximate surface area is 97.5 Å². The number of carboxylic acid groups (broad SMARTS) is 1. The van der Waals surface area contributed by atoms with Gasteiger partial charge in [0, 0.05) is 23.7 Å². The van der Waals surface area contributed by atoms with E-state index in [1.807, 2.05) is 0 Å². The summed E-state index contributed by atoms with van der Waals surface area (Å²) in [4.78, 5) is 21.2. The maximum Gasteiger partial charge on any atom is 0.328 e. The highest BCUT2D eigenvalue weighted by atomic mass is 35.5. The van der Waals surface area contributed by atoms with Gasteiger partial charge in [-0.1, -0.05) is 23.7 Å². The number of nitrogens with one attached hydrogen (secondary N) is 1. The summed E-state index contributed by atoms with van der Waals surface area (Å²) in [5, 5.41) is 11.5. The Morgan fingerprint density at radius 1 is 1.25 bits per heavy atom. The third-order valence-corrected chi connectivity index (χ3v) is 2.01. The number of hydrogen-bond donors (Lipinski definition) is 2. The van der Waals surface area contributed by atoms with Crippen LogP contribution in [0.5, 0.6) is 0 Å². The molecule has 0 spiro atoms. The van der Waals surface area contributed by atoms with E-state index in [0.717, 1.165) is 17.7 Å². The van der Waals surface area contributed by atoms with Crippen LogP contribution in [0.1, 0.15) is 5.56 Å². The number of carbonyl (C=O) groups is 2. The average molecular weight is 240 g/mol. The van der Waals surface area contributed by atoms with Crippen molar-refractivity contribution >= 4 is 23.5 Å². The molecule has 84 valence electrons. The van der Waals surface area contributed by atoms with Crippen LogP contribution in [0.25, 0.3) is 0 Å². The summed E-state index contributed by atoms with van der Waals surface area (Å²) in [5.41, 5.74) is 0.890. The minimum atomic E-state index is -1.15. The number of carboxylic acids is 1.